The number of carboxylic acid groups (broad SMARTS) is 2. The van der Waals surface area contributed by atoms with Gasteiger partial charge in [0, 0.05) is 59.4 Å². The molecule has 1 aliphatic carbocycles. The third-order valence-corrected chi connectivity index (χ3v) is 11.5. The summed E-state index contributed by atoms with van der Waals surface area (Å²) in [5.74, 6) is -3.28. The number of allylic oxidation sites excluding steroid dienone is 11. The van der Waals surface area contributed by atoms with Gasteiger partial charge in [0.05, 0.1) is 40.3 Å². The van der Waals surface area contributed by atoms with E-state index in [4.69, 9.17) is 19.7 Å². The number of aliphatic hydroxyl groups is 1. The Bertz CT molecular complexity index is 2050. The number of rotatable bonds is 15. The van der Waals surface area contributed by atoms with Crippen LogP contribution in [0.3, 0.4) is 0 Å². The summed E-state index contributed by atoms with van der Waals surface area (Å²) in [5, 5.41) is 33.9. The average Bonchev–Trinajstić information content (AvgIpc) is 3.88. The second-order valence-electron chi connectivity index (χ2n) is 15.2. The first-order valence-corrected chi connectivity index (χ1v) is 19.5. The van der Waals surface area contributed by atoms with Crippen LogP contribution in [0.2, 0.25) is 0 Å². The molecule has 292 valence electrons. The zero-order valence-corrected chi connectivity index (χ0v) is 33.0. The standard InChI is InChI=1S/C43H53N5O7/c1-8-10-11-12-15-55-26(7)40-24(5)32-17-31-23(4)28(13-14-37(50)48(20-38(51)52)21-39(53)54)42(46-31)29-16-36(49)41-25(6)33(47-43(29)41)18-34-27(9-2)22(3)30(44-34)19-35(40)45-32/h17-19,23,26,28,46,49H,8-16,20-21H2,1-7H3,(H,51,52)(H,53,54)/t23?,26?,28-/m0/s1. The lowest BCUT2D eigenvalue weighted by atomic mass is 9.86. The number of aliphatic carboxylic acids is 2. The van der Waals surface area contributed by atoms with E-state index in [1.165, 1.54) is 6.42 Å². The van der Waals surface area contributed by atoms with Crippen LogP contribution in [0.15, 0.2) is 106 Å². The topological polar surface area (TPSA) is 173 Å². The number of carboxylic acids is 2. The highest BCUT2D eigenvalue weighted by Gasteiger charge is 2.41. The number of nitrogens with one attached hydrogen (secondary N) is 1. The van der Waals surface area contributed by atoms with Crippen molar-refractivity contribution in [1.82, 2.24) is 10.2 Å². The van der Waals surface area contributed by atoms with Crippen LogP contribution >= 0.6 is 0 Å². The predicted molar refractivity (Wildman–Crippen MR) is 213 cm³/mol. The van der Waals surface area contributed by atoms with Gasteiger partial charge in [0.1, 0.15) is 18.8 Å². The minimum absolute atomic E-state index is 0.0652. The van der Waals surface area contributed by atoms with Gasteiger partial charge in [-0.25, -0.2) is 15.0 Å². The zero-order valence-electron chi connectivity index (χ0n) is 33.0. The van der Waals surface area contributed by atoms with Gasteiger partial charge in [0.25, 0.3) is 0 Å². The van der Waals surface area contributed by atoms with Crippen LogP contribution in [0.1, 0.15) is 99.8 Å². The number of aliphatic hydroxyl groups excluding tert-OH is 1. The second-order valence-corrected chi connectivity index (χ2v) is 15.2. The van der Waals surface area contributed by atoms with E-state index in [2.05, 4.69) is 59.0 Å². The van der Waals surface area contributed by atoms with Crippen molar-refractivity contribution in [3.05, 3.63) is 91.5 Å². The Labute approximate surface area is 322 Å². The molecule has 12 nitrogen and oxygen atoms in total. The van der Waals surface area contributed by atoms with Crippen molar-refractivity contribution >= 4 is 35.0 Å². The number of ether oxygens (including phenoxy) is 1. The Kier molecular flexibility index (Phi) is 11.8. The summed E-state index contributed by atoms with van der Waals surface area (Å²) in [7, 11) is 0. The first kappa shape index (κ1) is 39.6. The Morgan fingerprint density at radius 1 is 0.927 bits per heavy atom. The lowest BCUT2D eigenvalue weighted by Crippen LogP contribution is -2.39. The minimum atomic E-state index is -1.28. The van der Waals surface area contributed by atoms with Gasteiger partial charge in [0.15, 0.2) is 0 Å². The van der Waals surface area contributed by atoms with Gasteiger partial charge in [0.2, 0.25) is 5.91 Å². The fourth-order valence-electron chi connectivity index (χ4n) is 8.51. The largest absolute Gasteiger partial charge is 0.511 e. The van der Waals surface area contributed by atoms with Gasteiger partial charge in [-0.15, -0.1) is 0 Å². The number of nitrogens with zero attached hydrogens (tertiary/aromatic N) is 4. The third kappa shape index (κ3) is 7.87. The predicted octanol–water partition coefficient (Wildman–Crippen LogP) is 7.42. The monoisotopic (exact) mass is 751 g/mol. The van der Waals surface area contributed by atoms with Crippen LogP contribution < -0.4 is 5.32 Å². The van der Waals surface area contributed by atoms with Gasteiger partial charge < -0.3 is 30.3 Å². The molecule has 0 spiro atoms. The molecule has 6 rings (SSSR count). The van der Waals surface area contributed by atoms with Crippen molar-refractivity contribution in [2.45, 2.75) is 106 Å². The molecule has 0 radical (unpaired) electrons. The first-order valence-electron chi connectivity index (χ1n) is 19.5. The SMILES string of the molecule is CCCCCCOC(C)C1=C(C)C2=NC1=CC1=NC(=CC3=C(C)C4=C(O)CC(=C5NC(=C2)C(C)[C@@H]5CCC(=O)N(CC(=O)O)CC(=O)O)C4=N3)C(CC)=C1C. The van der Waals surface area contributed by atoms with Crippen LogP contribution in [0.25, 0.3) is 0 Å². The van der Waals surface area contributed by atoms with E-state index >= 15 is 0 Å². The van der Waals surface area contributed by atoms with Gasteiger partial charge in [-0.1, -0.05) is 40.0 Å². The van der Waals surface area contributed by atoms with Crippen molar-refractivity contribution in [3.8, 4) is 0 Å². The molecule has 0 aromatic heterocycles. The van der Waals surface area contributed by atoms with Crippen LogP contribution in [-0.4, -0.2) is 81.0 Å². The number of carbonyl (C=O) groups is 3. The summed E-state index contributed by atoms with van der Waals surface area (Å²) in [6.07, 6.45) is 11.6. The Morgan fingerprint density at radius 3 is 2.29 bits per heavy atom. The molecule has 1 fully saturated rings. The summed E-state index contributed by atoms with van der Waals surface area (Å²) in [5.41, 5.74) is 13.0. The number of hydrogen-bond acceptors (Lipinski definition) is 9. The van der Waals surface area contributed by atoms with Crippen molar-refractivity contribution in [2.75, 3.05) is 19.7 Å². The van der Waals surface area contributed by atoms with Crippen LogP contribution in [0.5, 0.6) is 0 Å². The number of aliphatic imine (C=N–C) groups is 3. The lowest BCUT2D eigenvalue weighted by Gasteiger charge is -2.21. The zero-order chi connectivity index (χ0) is 39.7. The van der Waals surface area contributed by atoms with E-state index in [0.717, 1.165) is 104 Å². The maximum atomic E-state index is 13.3. The van der Waals surface area contributed by atoms with Crippen LogP contribution in [0.4, 0.5) is 0 Å². The van der Waals surface area contributed by atoms with E-state index < -0.39 is 30.9 Å². The molecular formula is C43H53N5O7. The van der Waals surface area contributed by atoms with Gasteiger partial charge in [-0.3, -0.25) is 14.4 Å². The normalized spacial score (nSPS) is 22.2. The fraction of sp³-hybridized carbons (Fsp3) is 0.488. The summed E-state index contributed by atoms with van der Waals surface area (Å²) in [6.45, 7) is 13.8. The van der Waals surface area contributed by atoms with Crippen LogP contribution in [-0.2, 0) is 19.1 Å². The third-order valence-electron chi connectivity index (χ3n) is 11.5. The van der Waals surface area contributed by atoms with E-state index in [1.807, 2.05) is 13.0 Å². The van der Waals surface area contributed by atoms with Gasteiger partial charge >= 0.3 is 11.9 Å². The molecule has 0 saturated carbocycles. The quantitative estimate of drug-likeness (QED) is 0.125. The summed E-state index contributed by atoms with van der Waals surface area (Å²) in [4.78, 5) is 52.7. The molecule has 6 aliphatic rings. The molecular weight excluding hydrogens is 699 g/mol. The van der Waals surface area contributed by atoms with Gasteiger partial charge in [-0.2, -0.15) is 0 Å². The molecule has 5 heterocycles. The van der Waals surface area contributed by atoms with Crippen molar-refractivity contribution in [3.63, 3.8) is 0 Å². The number of carbonyl (C=O) groups excluding carboxylic acids is 1. The van der Waals surface area contributed by atoms with Crippen molar-refractivity contribution < 1.29 is 34.4 Å². The fourth-order valence-corrected chi connectivity index (χ4v) is 8.51. The molecule has 0 aromatic carbocycles. The minimum Gasteiger partial charge on any atom is -0.511 e. The smallest absolute Gasteiger partial charge is 0.323 e. The maximum Gasteiger partial charge on any atom is 0.323 e. The number of hydrogen-bond donors (Lipinski definition) is 4. The Balaban J connectivity index is 1.46. The molecule has 2 unspecified atom stereocenters. The van der Waals surface area contributed by atoms with Gasteiger partial charge in [-0.05, 0) is 87.5 Å². The molecule has 12 heteroatoms. The number of unbranched alkanes of at least 4 members (excludes halogenated alkanes) is 3. The summed E-state index contributed by atoms with van der Waals surface area (Å²) >= 11 is 0. The van der Waals surface area contributed by atoms with Crippen LogP contribution in [0, 0.1) is 11.8 Å². The molecule has 3 atom stereocenters. The summed E-state index contributed by atoms with van der Waals surface area (Å²) in [6, 6.07) is 0. The number of amides is 1. The highest BCUT2D eigenvalue weighted by Crippen LogP contribution is 2.46. The Hall–Kier alpha value is -5.10. The highest BCUT2D eigenvalue weighted by molar-refractivity contribution is 6.21. The molecule has 8 bridgehead atoms. The first-order chi connectivity index (χ1) is 26.2. The van der Waals surface area contributed by atoms with E-state index in [9.17, 15) is 29.7 Å². The molecule has 0 aromatic rings. The van der Waals surface area contributed by atoms with Crippen molar-refractivity contribution in [1.29, 1.82) is 0 Å². The molecule has 4 N–H and O–H groups in total. The molecule has 5 aliphatic heterocycles. The highest BCUT2D eigenvalue weighted by atomic mass is 16.5. The molecule has 1 amide bonds. The van der Waals surface area contributed by atoms with E-state index in [-0.39, 0.29) is 36.5 Å². The number of fused-ring (bicyclic) bond motifs is 5. The average molecular weight is 752 g/mol. The maximum absolute atomic E-state index is 13.3. The van der Waals surface area contributed by atoms with Crippen molar-refractivity contribution in [2.24, 2.45) is 26.8 Å². The lowest BCUT2D eigenvalue weighted by molar-refractivity contribution is -0.149. The van der Waals surface area contributed by atoms with E-state index in [0.29, 0.717) is 24.3 Å². The molecule has 55 heavy (non-hydrogen) atoms. The Morgan fingerprint density at radius 2 is 1.62 bits per heavy atom. The second kappa shape index (κ2) is 16.3. The van der Waals surface area contributed by atoms with E-state index in [1.54, 1.807) is 0 Å². The molecule has 1 saturated heterocycles. The summed E-state index contributed by atoms with van der Waals surface area (Å²) < 4.78 is 6.44.